The molecule has 4 nitrogen and oxygen atoms in total. The molecule has 1 aromatic rings. The van der Waals surface area contributed by atoms with Crippen LogP contribution in [0.4, 0.5) is 0 Å². The van der Waals surface area contributed by atoms with Gasteiger partial charge in [0.15, 0.2) is 5.41 Å². The Morgan fingerprint density at radius 1 is 1.20 bits per heavy atom. The number of carbonyl (C=O) groups is 2. The van der Waals surface area contributed by atoms with Gasteiger partial charge in [-0.05, 0) is 42.2 Å². The van der Waals surface area contributed by atoms with Gasteiger partial charge in [0.2, 0.25) is 0 Å². The summed E-state index contributed by atoms with van der Waals surface area (Å²) in [7, 11) is 0. The molecule has 1 aromatic heterocycles. The van der Waals surface area contributed by atoms with Crippen molar-refractivity contribution in [3.05, 3.63) is 22.4 Å². The Bertz CT molecular complexity index is 419. The van der Waals surface area contributed by atoms with E-state index < -0.39 is 17.4 Å². The lowest BCUT2D eigenvalue weighted by molar-refractivity contribution is -0.175. The molecule has 20 heavy (non-hydrogen) atoms. The van der Waals surface area contributed by atoms with Crippen molar-refractivity contribution in [1.82, 2.24) is 0 Å². The third-order valence-electron chi connectivity index (χ3n) is 3.33. The summed E-state index contributed by atoms with van der Waals surface area (Å²) >= 11 is 1.54. The number of rotatable bonds is 7. The van der Waals surface area contributed by atoms with Gasteiger partial charge in [0, 0.05) is 6.42 Å². The van der Waals surface area contributed by atoms with E-state index in [0.29, 0.717) is 6.42 Å². The second-order valence-corrected chi connectivity index (χ2v) is 5.66. The molecule has 5 heteroatoms. The molecule has 0 radical (unpaired) electrons. The lowest BCUT2D eigenvalue weighted by Gasteiger charge is -2.32. The second kappa shape index (κ2) is 7.43. The third kappa shape index (κ3) is 3.39. The first kappa shape index (κ1) is 16.7. The van der Waals surface area contributed by atoms with E-state index in [9.17, 15) is 9.59 Å². The maximum Gasteiger partial charge on any atom is 0.324 e. The van der Waals surface area contributed by atoms with Crippen LogP contribution in [0, 0.1) is 11.3 Å². The van der Waals surface area contributed by atoms with E-state index in [1.165, 1.54) is 11.3 Å². The van der Waals surface area contributed by atoms with Gasteiger partial charge in [-0.25, -0.2) is 0 Å². The summed E-state index contributed by atoms with van der Waals surface area (Å²) in [6.45, 7) is 7.66. The predicted octanol–water partition coefficient (Wildman–Crippen LogP) is 3.06. The smallest absolute Gasteiger partial charge is 0.324 e. The Kier molecular flexibility index (Phi) is 6.20. The van der Waals surface area contributed by atoms with Crippen LogP contribution in [0.15, 0.2) is 16.8 Å². The van der Waals surface area contributed by atoms with E-state index in [2.05, 4.69) is 0 Å². The normalized spacial score (nSPS) is 11.4. The van der Waals surface area contributed by atoms with E-state index in [0.717, 1.165) is 5.56 Å². The van der Waals surface area contributed by atoms with Gasteiger partial charge < -0.3 is 9.47 Å². The fraction of sp³-hybridized carbons (Fsp3) is 0.600. The van der Waals surface area contributed by atoms with Gasteiger partial charge in [-0.1, -0.05) is 13.8 Å². The average Bonchev–Trinajstić information content (AvgIpc) is 2.88. The van der Waals surface area contributed by atoms with Crippen molar-refractivity contribution in [2.45, 2.75) is 34.1 Å². The van der Waals surface area contributed by atoms with Crippen molar-refractivity contribution in [2.75, 3.05) is 13.2 Å². The number of thiophene rings is 1. The van der Waals surface area contributed by atoms with Crippen molar-refractivity contribution < 1.29 is 19.1 Å². The molecule has 0 amide bonds. The Hall–Kier alpha value is -1.36. The lowest BCUT2D eigenvalue weighted by atomic mass is 9.73. The standard InChI is InChI=1S/C15H22O4S/c1-5-18-13(16)15(11(3)4,14(17)19-6-2)9-12-7-8-20-10-12/h7-8,10-11H,5-6,9H2,1-4H3. The van der Waals surface area contributed by atoms with Crippen molar-refractivity contribution >= 4 is 23.3 Å². The van der Waals surface area contributed by atoms with Crippen LogP contribution in [0.5, 0.6) is 0 Å². The molecule has 0 spiro atoms. The molecule has 0 saturated heterocycles. The minimum absolute atomic E-state index is 0.208. The van der Waals surface area contributed by atoms with Gasteiger partial charge >= 0.3 is 11.9 Å². The molecule has 1 rings (SSSR count). The average molecular weight is 298 g/mol. The van der Waals surface area contributed by atoms with Crippen LogP contribution in [0.2, 0.25) is 0 Å². The van der Waals surface area contributed by atoms with Crippen molar-refractivity contribution in [3.63, 3.8) is 0 Å². The van der Waals surface area contributed by atoms with Crippen LogP contribution in [0.25, 0.3) is 0 Å². The summed E-state index contributed by atoms with van der Waals surface area (Å²) in [6.07, 6.45) is 0.311. The Balaban J connectivity index is 3.18. The minimum Gasteiger partial charge on any atom is -0.465 e. The Morgan fingerprint density at radius 2 is 1.75 bits per heavy atom. The van der Waals surface area contributed by atoms with Crippen molar-refractivity contribution in [1.29, 1.82) is 0 Å². The van der Waals surface area contributed by atoms with Crippen LogP contribution in [0.1, 0.15) is 33.3 Å². The van der Waals surface area contributed by atoms with Crippen molar-refractivity contribution in [3.8, 4) is 0 Å². The van der Waals surface area contributed by atoms with Gasteiger partial charge in [0.05, 0.1) is 13.2 Å². The first-order valence-corrected chi connectivity index (χ1v) is 7.78. The lowest BCUT2D eigenvalue weighted by Crippen LogP contribution is -2.48. The largest absolute Gasteiger partial charge is 0.465 e. The Morgan fingerprint density at radius 3 is 2.10 bits per heavy atom. The van der Waals surface area contributed by atoms with E-state index in [4.69, 9.17) is 9.47 Å². The fourth-order valence-electron chi connectivity index (χ4n) is 2.14. The number of esters is 2. The molecule has 1 heterocycles. The van der Waals surface area contributed by atoms with Crippen LogP contribution in [-0.4, -0.2) is 25.2 Å². The summed E-state index contributed by atoms with van der Waals surface area (Å²) in [5, 5.41) is 3.87. The maximum absolute atomic E-state index is 12.4. The van der Waals surface area contributed by atoms with Crippen molar-refractivity contribution in [2.24, 2.45) is 11.3 Å². The highest BCUT2D eigenvalue weighted by atomic mass is 32.1. The summed E-state index contributed by atoms with van der Waals surface area (Å²) < 4.78 is 10.3. The molecule has 0 aliphatic rings. The van der Waals surface area contributed by atoms with E-state index in [-0.39, 0.29) is 19.1 Å². The van der Waals surface area contributed by atoms with Crippen LogP contribution in [-0.2, 0) is 25.5 Å². The highest BCUT2D eigenvalue weighted by Crippen LogP contribution is 2.35. The number of carbonyl (C=O) groups excluding carboxylic acids is 2. The molecule has 0 fully saturated rings. The maximum atomic E-state index is 12.4. The van der Waals surface area contributed by atoms with Gasteiger partial charge in [-0.15, -0.1) is 0 Å². The molecule has 0 aliphatic heterocycles. The van der Waals surface area contributed by atoms with E-state index in [1.807, 2.05) is 30.7 Å². The van der Waals surface area contributed by atoms with Gasteiger partial charge in [-0.2, -0.15) is 11.3 Å². The number of ether oxygens (including phenoxy) is 2. The summed E-state index contributed by atoms with van der Waals surface area (Å²) in [6, 6.07) is 1.92. The molecule has 0 aromatic carbocycles. The number of hydrogen-bond donors (Lipinski definition) is 0. The van der Waals surface area contributed by atoms with Gasteiger partial charge in [0.25, 0.3) is 0 Å². The van der Waals surface area contributed by atoms with Crippen LogP contribution >= 0.6 is 11.3 Å². The molecule has 112 valence electrons. The first-order chi connectivity index (χ1) is 9.48. The quantitative estimate of drug-likeness (QED) is 0.573. The van der Waals surface area contributed by atoms with Gasteiger partial charge in [-0.3, -0.25) is 9.59 Å². The van der Waals surface area contributed by atoms with Gasteiger partial charge in [0.1, 0.15) is 0 Å². The van der Waals surface area contributed by atoms with E-state index >= 15 is 0 Å². The molecule has 0 bridgehead atoms. The first-order valence-electron chi connectivity index (χ1n) is 6.84. The minimum atomic E-state index is -1.27. The summed E-state index contributed by atoms with van der Waals surface area (Å²) in [5.41, 5.74) is -0.322. The molecule has 0 saturated carbocycles. The highest BCUT2D eigenvalue weighted by Gasteiger charge is 2.51. The number of hydrogen-bond acceptors (Lipinski definition) is 5. The van der Waals surface area contributed by atoms with Crippen LogP contribution < -0.4 is 0 Å². The summed E-state index contributed by atoms with van der Waals surface area (Å²) in [4.78, 5) is 24.9. The Labute approximate surface area is 124 Å². The molecule has 0 unspecified atom stereocenters. The zero-order valence-corrected chi connectivity index (χ0v) is 13.3. The highest BCUT2D eigenvalue weighted by molar-refractivity contribution is 7.07. The zero-order valence-electron chi connectivity index (χ0n) is 12.5. The fourth-order valence-corrected chi connectivity index (χ4v) is 2.81. The molecule has 0 atom stereocenters. The second-order valence-electron chi connectivity index (χ2n) is 4.88. The molecule has 0 N–H and O–H groups in total. The topological polar surface area (TPSA) is 52.6 Å². The summed E-state index contributed by atoms with van der Waals surface area (Å²) in [5.74, 6) is -1.21. The van der Waals surface area contributed by atoms with E-state index in [1.54, 1.807) is 13.8 Å². The predicted molar refractivity (Wildman–Crippen MR) is 78.6 cm³/mol. The van der Waals surface area contributed by atoms with Crippen LogP contribution in [0.3, 0.4) is 0 Å². The molecular weight excluding hydrogens is 276 g/mol. The molecular formula is C15H22O4S. The zero-order chi connectivity index (χ0) is 15.2. The monoisotopic (exact) mass is 298 g/mol. The molecule has 0 aliphatic carbocycles. The third-order valence-corrected chi connectivity index (χ3v) is 4.06. The SMILES string of the molecule is CCOC(=O)C(Cc1ccsc1)(C(=O)OCC)C(C)C.